The Bertz CT molecular complexity index is 974. The Morgan fingerprint density at radius 1 is 0.621 bits per heavy atom. The van der Waals surface area contributed by atoms with Gasteiger partial charge in [-0.1, -0.05) is 0 Å². The molecule has 0 N–H and O–H groups in total. The third-order valence-corrected chi connectivity index (χ3v) is 19.8. The van der Waals surface area contributed by atoms with Gasteiger partial charge in [-0.3, -0.25) is 0 Å². The molecule has 1 saturated heterocycles. The van der Waals surface area contributed by atoms with Crippen LogP contribution in [0.2, 0.25) is 0 Å². The zero-order valence-corrected chi connectivity index (χ0v) is 23.5. The second kappa shape index (κ2) is 8.64. The molecule has 1 fully saturated rings. The van der Waals surface area contributed by atoms with E-state index in [0.717, 1.165) is 7.25 Å². The largest absolute Gasteiger partial charge is 1.00 e. The Kier molecular flexibility index (Phi) is 7.12. The molecule has 0 spiro atoms. The summed E-state index contributed by atoms with van der Waals surface area (Å²) >= 11 is -0.686. The van der Waals surface area contributed by atoms with Crippen LogP contribution in [0.3, 0.4) is 0 Å². The number of aryl methyl sites for hydroxylation is 4. The Morgan fingerprint density at radius 2 is 0.966 bits per heavy atom. The predicted molar refractivity (Wildman–Crippen MR) is 119 cm³/mol. The first-order valence-electron chi connectivity index (χ1n) is 9.75. The van der Waals surface area contributed by atoms with Gasteiger partial charge >= 0.3 is 178 Å². The molecule has 1 heterocycles. The monoisotopic (exact) mass is 536 g/mol. The molecule has 2 aromatic carbocycles. The van der Waals surface area contributed by atoms with Crippen LogP contribution in [0.15, 0.2) is 34.9 Å². The van der Waals surface area contributed by atoms with Crippen LogP contribution in [-0.4, -0.2) is 13.3 Å². The van der Waals surface area contributed by atoms with Crippen molar-refractivity contribution >= 4 is 27.4 Å². The van der Waals surface area contributed by atoms with Crippen LogP contribution in [-0.2, 0) is 23.2 Å². The third-order valence-electron chi connectivity index (χ3n) is 6.73. The molecule has 0 radical (unpaired) electrons. The molecule has 150 valence electrons. The summed E-state index contributed by atoms with van der Waals surface area (Å²) in [4.78, 5) is 0. The van der Waals surface area contributed by atoms with E-state index in [1.54, 1.807) is 22.3 Å². The van der Waals surface area contributed by atoms with Gasteiger partial charge in [0.05, 0.1) is 0 Å². The Hall–Kier alpha value is 0.243. The van der Waals surface area contributed by atoms with E-state index in [-0.39, 0.29) is 40.0 Å². The van der Waals surface area contributed by atoms with Gasteiger partial charge in [0.2, 0.25) is 0 Å². The van der Waals surface area contributed by atoms with Crippen molar-refractivity contribution in [3.8, 4) is 0 Å². The molecule has 0 saturated carbocycles. The standard InChI is InChI=1S/C24H26P2.2ClH.Zr/c1-15-7-8-16(2)22-12-19(11-21(15)22)25(5)26(6)20-13-23-17(3)9-10-18(4)24(23)14-20;;;/h7-14H,1-6H3;2*1H;/q;;;+2/p-2. The summed E-state index contributed by atoms with van der Waals surface area (Å²) in [5, 5.41) is 3.69. The topological polar surface area (TPSA) is 0 Å². The molecule has 2 aliphatic carbocycles. The molecule has 4 unspecified atom stereocenters. The van der Waals surface area contributed by atoms with Gasteiger partial charge in [-0.05, 0) is 0 Å². The SMILES string of the molecule is Cc1ccc(C)c2c1C=C1[CH]2[Zr+2][CH]2C(=Cc3c(C)ccc(C)c32)P(C)P1C.[Cl-].[Cl-]. The summed E-state index contributed by atoms with van der Waals surface area (Å²) in [6, 6.07) is 9.41. The fourth-order valence-electron chi connectivity index (χ4n) is 5.03. The summed E-state index contributed by atoms with van der Waals surface area (Å²) in [6.07, 6.45) is 5.28. The van der Waals surface area contributed by atoms with Gasteiger partial charge < -0.3 is 24.8 Å². The van der Waals surface area contributed by atoms with Gasteiger partial charge in [-0.15, -0.1) is 0 Å². The number of allylic oxidation sites excluding steroid dienone is 2. The number of hydrogen-bond acceptors (Lipinski definition) is 0. The zero-order chi connectivity index (χ0) is 19.0. The normalized spacial score (nSPS) is 25.4. The van der Waals surface area contributed by atoms with Crippen molar-refractivity contribution in [3.63, 3.8) is 0 Å². The minimum Gasteiger partial charge on any atom is -1.00 e. The summed E-state index contributed by atoms with van der Waals surface area (Å²) in [6.45, 7) is 14.5. The molecule has 2 aromatic rings. The summed E-state index contributed by atoms with van der Waals surface area (Å²) in [7, 11) is -0.0889. The Balaban J connectivity index is 0.00000120. The second-order valence-electron chi connectivity index (χ2n) is 8.27. The van der Waals surface area contributed by atoms with Crippen LogP contribution in [0.1, 0.15) is 51.8 Å². The summed E-state index contributed by atoms with van der Waals surface area (Å²) in [5.74, 6) is 0. The number of halogens is 2. The van der Waals surface area contributed by atoms with Crippen molar-refractivity contribution in [1.29, 1.82) is 0 Å². The van der Waals surface area contributed by atoms with Gasteiger partial charge in [-0.25, -0.2) is 0 Å². The van der Waals surface area contributed by atoms with Crippen LogP contribution >= 0.6 is 15.2 Å². The molecule has 1 aliphatic heterocycles. The number of benzene rings is 2. The van der Waals surface area contributed by atoms with E-state index in [9.17, 15) is 0 Å². The fourth-order valence-corrected chi connectivity index (χ4v) is 20.6. The number of rotatable bonds is 0. The first kappa shape index (κ1) is 23.9. The third kappa shape index (κ3) is 3.53. The molecule has 29 heavy (non-hydrogen) atoms. The Labute approximate surface area is 201 Å². The van der Waals surface area contributed by atoms with Crippen LogP contribution in [0, 0.1) is 27.7 Å². The Morgan fingerprint density at radius 3 is 1.34 bits per heavy atom. The van der Waals surface area contributed by atoms with Gasteiger partial charge in [-0.2, -0.15) is 0 Å². The molecular formula is C24H26Cl2P2Zr. The number of hydrogen-bond donors (Lipinski definition) is 0. The van der Waals surface area contributed by atoms with E-state index in [4.69, 9.17) is 0 Å². The molecule has 5 rings (SSSR count). The predicted octanol–water partition coefficient (Wildman–Crippen LogP) is 1.65. The first-order valence-corrected chi connectivity index (χ1v) is 16.9. The molecule has 3 aliphatic rings. The quantitative estimate of drug-likeness (QED) is 0.448. The van der Waals surface area contributed by atoms with Crippen molar-refractivity contribution in [3.05, 3.63) is 79.4 Å². The second-order valence-corrected chi connectivity index (χ2v) is 18.7. The van der Waals surface area contributed by atoms with E-state index in [1.165, 1.54) is 22.3 Å². The number of fused-ring (bicyclic) bond motifs is 6. The maximum absolute atomic E-state index is 2.64. The molecule has 0 aromatic heterocycles. The van der Waals surface area contributed by atoms with Crippen LogP contribution < -0.4 is 24.8 Å². The summed E-state index contributed by atoms with van der Waals surface area (Å²) < 4.78 is 1.60. The molecular weight excluding hydrogens is 512 g/mol. The minimum atomic E-state index is -0.686. The fraction of sp³-hybridized carbons (Fsp3) is 0.333. The average Bonchev–Trinajstić information content (AvgIpc) is 3.19. The molecule has 5 heteroatoms. The van der Waals surface area contributed by atoms with Crippen molar-refractivity contribution in [2.45, 2.75) is 34.9 Å². The maximum atomic E-state index is 2.64. The van der Waals surface area contributed by atoms with Crippen molar-refractivity contribution in [1.82, 2.24) is 0 Å². The van der Waals surface area contributed by atoms with E-state index >= 15 is 0 Å². The molecule has 0 amide bonds. The van der Waals surface area contributed by atoms with E-state index in [2.05, 4.69) is 77.4 Å². The summed E-state index contributed by atoms with van der Waals surface area (Å²) in [5.41, 5.74) is 12.6. The maximum Gasteiger partial charge on any atom is -1.00 e. The van der Waals surface area contributed by atoms with Gasteiger partial charge in [0, 0.05) is 0 Å². The molecule has 0 bridgehead atoms. The molecule has 4 atom stereocenters. The van der Waals surface area contributed by atoms with Crippen LogP contribution in [0.4, 0.5) is 0 Å². The van der Waals surface area contributed by atoms with Crippen LogP contribution in [0.5, 0.6) is 0 Å². The van der Waals surface area contributed by atoms with E-state index < -0.39 is 23.2 Å². The minimum absolute atomic E-state index is 0. The van der Waals surface area contributed by atoms with Crippen molar-refractivity contribution < 1.29 is 48.0 Å². The van der Waals surface area contributed by atoms with E-state index in [0.29, 0.717) is 0 Å². The smallest absolute Gasteiger partial charge is 1.00 e. The van der Waals surface area contributed by atoms with Gasteiger partial charge in [0.1, 0.15) is 0 Å². The van der Waals surface area contributed by atoms with Gasteiger partial charge in [0.15, 0.2) is 0 Å². The zero-order valence-electron chi connectivity index (χ0n) is 17.8. The van der Waals surface area contributed by atoms with Crippen molar-refractivity contribution in [2.75, 3.05) is 13.3 Å². The van der Waals surface area contributed by atoms with E-state index in [1.807, 2.05) is 10.6 Å². The average molecular weight is 539 g/mol. The first-order chi connectivity index (χ1) is 12.9. The van der Waals surface area contributed by atoms with Gasteiger partial charge in [0.25, 0.3) is 0 Å². The molecule has 0 nitrogen and oxygen atoms in total. The van der Waals surface area contributed by atoms with Crippen molar-refractivity contribution in [2.24, 2.45) is 0 Å². The van der Waals surface area contributed by atoms with Crippen LogP contribution in [0.25, 0.3) is 12.2 Å².